The molecular formula is C7H9BrN3O. The number of amidine groups is 1. The third kappa shape index (κ3) is 2.34. The van der Waals surface area contributed by atoms with Crippen molar-refractivity contribution >= 4 is 27.7 Å². The highest BCUT2D eigenvalue weighted by molar-refractivity contribution is 9.11. The predicted octanol–water partition coefficient (Wildman–Crippen LogP) is 0.721. The molecule has 4 nitrogen and oxygen atoms in total. The lowest BCUT2D eigenvalue weighted by molar-refractivity contribution is -0.114. The van der Waals surface area contributed by atoms with E-state index in [0.717, 1.165) is 0 Å². The fraction of sp³-hybridized carbons (Fsp3) is 0.429. The maximum absolute atomic E-state index is 11.1. The summed E-state index contributed by atoms with van der Waals surface area (Å²) in [5, 5.41) is 6.56. The van der Waals surface area contributed by atoms with Gasteiger partial charge in [0, 0.05) is 6.04 Å². The molecule has 1 rings (SSSR count). The molecule has 0 aromatic carbocycles. The standard InChI is InChI=1S/C7H9BrN3O/c1-4(2)10-6-7(12)11-5(8)3-9-6/h3-4H,1-2H3,(H,9,10). The molecule has 1 heterocycles. The van der Waals surface area contributed by atoms with Crippen LogP contribution in [0.5, 0.6) is 0 Å². The van der Waals surface area contributed by atoms with Crippen molar-refractivity contribution in [3.05, 3.63) is 10.8 Å². The maximum Gasteiger partial charge on any atom is 0.313 e. The smallest absolute Gasteiger partial charge is 0.313 e. The van der Waals surface area contributed by atoms with E-state index in [-0.39, 0.29) is 11.9 Å². The summed E-state index contributed by atoms with van der Waals surface area (Å²) in [6.07, 6.45) is 1.49. The Morgan fingerprint density at radius 3 is 2.75 bits per heavy atom. The Morgan fingerprint density at radius 1 is 1.58 bits per heavy atom. The van der Waals surface area contributed by atoms with Gasteiger partial charge in [0.25, 0.3) is 0 Å². The molecule has 0 unspecified atom stereocenters. The van der Waals surface area contributed by atoms with Gasteiger partial charge >= 0.3 is 5.91 Å². The number of amides is 1. The number of halogens is 1. The van der Waals surface area contributed by atoms with Crippen LogP contribution in [0.1, 0.15) is 13.8 Å². The van der Waals surface area contributed by atoms with Crippen molar-refractivity contribution in [2.45, 2.75) is 19.9 Å². The van der Waals surface area contributed by atoms with E-state index in [4.69, 9.17) is 0 Å². The van der Waals surface area contributed by atoms with Crippen LogP contribution in [0.25, 0.3) is 0 Å². The third-order valence-corrected chi connectivity index (χ3v) is 1.52. The Labute approximate surface area is 79.3 Å². The first kappa shape index (κ1) is 9.25. The first-order valence-corrected chi connectivity index (χ1v) is 4.35. The highest BCUT2D eigenvalue weighted by Gasteiger charge is 2.17. The number of carbonyl (C=O) groups is 1. The third-order valence-electron chi connectivity index (χ3n) is 1.14. The van der Waals surface area contributed by atoms with Crippen LogP contribution in [-0.2, 0) is 4.79 Å². The second-order valence-electron chi connectivity index (χ2n) is 2.65. The topological polar surface area (TPSA) is 55.6 Å². The zero-order valence-electron chi connectivity index (χ0n) is 6.84. The van der Waals surface area contributed by atoms with Gasteiger partial charge in [-0.05, 0) is 29.8 Å². The highest BCUT2D eigenvalue weighted by atomic mass is 79.9. The zero-order chi connectivity index (χ0) is 9.14. The van der Waals surface area contributed by atoms with Crippen LogP contribution >= 0.6 is 15.9 Å². The summed E-state index contributed by atoms with van der Waals surface area (Å²) in [6, 6.07) is 0.188. The first-order chi connectivity index (χ1) is 5.59. The summed E-state index contributed by atoms with van der Waals surface area (Å²) in [6.45, 7) is 3.87. The van der Waals surface area contributed by atoms with Gasteiger partial charge in [0.15, 0.2) is 5.84 Å². The fourth-order valence-corrected chi connectivity index (χ4v) is 0.988. The molecule has 0 fully saturated rings. The van der Waals surface area contributed by atoms with E-state index >= 15 is 0 Å². The molecule has 0 aromatic heterocycles. The second-order valence-corrected chi connectivity index (χ2v) is 3.46. The van der Waals surface area contributed by atoms with Crippen molar-refractivity contribution in [2.24, 2.45) is 4.99 Å². The van der Waals surface area contributed by atoms with Crippen LogP contribution in [0.15, 0.2) is 15.8 Å². The van der Waals surface area contributed by atoms with Crippen LogP contribution in [-0.4, -0.2) is 17.8 Å². The van der Waals surface area contributed by atoms with Crippen LogP contribution < -0.4 is 10.6 Å². The minimum atomic E-state index is -0.335. The van der Waals surface area contributed by atoms with Crippen LogP contribution in [0.2, 0.25) is 0 Å². The lowest BCUT2D eigenvalue weighted by Crippen LogP contribution is -2.40. The average molecular weight is 231 g/mol. The summed E-state index contributed by atoms with van der Waals surface area (Å²) >= 11 is 3.06. The van der Waals surface area contributed by atoms with Crippen LogP contribution in [0, 0.1) is 0 Å². The van der Waals surface area contributed by atoms with E-state index in [1.165, 1.54) is 6.20 Å². The number of nitrogens with zero attached hydrogens (tertiary/aromatic N) is 2. The number of hydrogen-bond acceptors (Lipinski definition) is 3. The SMILES string of the molecule is CC(C)NC1=NC=C(Br)[N]C1=O. The van der Waals surface area contributed by atoms with Crippen LogP contribution in [0.3, 0.4) is 0 Å². The highest BCUT2D eigenvalue weighted by Crippen LogP contribution is 2.06. The molecule has 1 amide bonds. The number of nitrogens with one attached hydrogen (secondary N) is 1. The van der Waals surface area contributed by atoms with Gasteiger partial charge in [0.05, 0.1) is 6.20 Å². The Balaban J connectivity index is 2.70. The van der Waals surface area contributed by atoms with E-state index in [9.17, 15) is 4.79 Å². The van der Waals surface area contributed by atoms with Crippen molar-refractivity contribution < 1.29 is 4.79 Å². The average Bonchev–Trinajstić information content (AvgIpc) is 1.94. The summed E-state index contributed by atoms with van der Waals surface area (Å²) in [5.74, 6) is -0.0359. The second kappa shape index (κ2) is 3.71. The zero-order valence-corrected chi connectivity index (χ0v) is 8.42. The van der Waals surface area contributed by atoms with Crippen molar-refractivity contribution in [3.8, 4) is 0 Å². The van der Waals surface area contributed by atoms with E-state index in [1.807, 2.05) is 13.8 Å². The van der Waals surface area contributed by atoms with Crippen molar-refractivity contribution in [2.75, 3.05) is 0 Å². The molecule has 1 aliphatic heterocycles. The van der Waals surface area contributed by atoms with Crippen molar-refractivity contribution in [1.82, 2.24) is 10.6 Å². The van der Waals surface area contributed by atoms with Gasteiger partial charge in [0.2, 0.25) is 0 Å². The maximum atomic E-state index is 11.1. The summed E-state index contributed by atoms with van der Waals surface area (Å²) < 4.78 is 0.460. The summed E-state index contributed by atoms with van der Waals surface area (Å²) in [7, 11) is 0. The Bertz CT molecular complexity index is 257. The molecule has 0 atom stereocenters. The van der Waals surface area contributed by atoms with E-state index < -0.39 is 0 Å². The first-order valence-electron chi connectivity index (χ1n) is 3.55. The largest absolute Gasteiger partial charge is 0.363 e. The van der Waals surface area contributed by atoms with E-state index in [2.05, 4.69) is 31.6 Å². The molecule has 65 valence electrons. The van der Waals surface area contributed by atoms with Gasteiger partial charge in [-0.1, -0.05) is 0 Å². The summed E-state index contributed by atoms with van der Waals surface area (Å²) in [4.78, 5) is 15.0. The Morgan fingerprint density at radius 2 is 2.25 bits per heavy atom. The normalized spacial score (nSPS) is 16.8. The quantitative estimate of drug-likeness (QED) is 0.676. The van der Waals surface area contributed by atoms with Crippen molar-refractivity contribution in [1.29, 1.82) is 0 Å². The van der Waals surface area contributed by atoms with Crippen LogP contribution in [0.4, 0.5) is 0 Å². The van der Waals surface area contributed by atoms with Gasteiger partial charge < -0.3 is 5.32 Å². The molecule has 0 bridgehead atoms. The molecule has 0 spiro atoms. The Hall–Kier alpha value is -0.840. The lowest BCUT2D eigenvalue weighted by atomic mass is 10.3. The van der Waals surface area contributed by atoms with Gasteiger partial charge in [-0.2, -0.15) is 5.32 Å². The molecule has 12 heavy (non-hydrogen) atoms. The molecule has 1 radical (unpaired) electrons. The predicted molar refractivity (Wildman–Crippen MR) is 49.9 cm³/mol. The fourth-order valence-electron chi connectivity index (χ4n) is 0.724. The molecule has 0 saturated heterocycles. The number of rotatable bonds is 1. The molecule has 0 saturated carbocycles. The van der Waals surface area contributed by atoms with E-state index in [0.29, 0.717) is 10.4 Å². The summed E-state index contributed by atoms with van der Waals surface area (Å²) in [5.41, 5.74) is 0. The Kier molecular flexibility index (Phi) is 2.86. The minimum Gasteiger partial charge on any atom is -0.363 e. The van der Waals surface area contributed by atoms with Crippen molar-refractivity contribution in [3.63, 3.8) is 0 Å². The van der Waals surface area contributed by atoms with Gasteiger partial charge in [-0.3, -0.25) is 4.79 Å². The number of aliphatic imine (C=N–C) groups is 1. The molecule has 5 heteroatoms. The number of carbonyl (C=O) groups excluding carboxylic acids is 1. The molecule has 1 N–H and O–H groups in total. The van der Waals surface area contributed by atoms with E-state index in [1.54, 1.807) is 0 Å². The molecule has 0 aromatic rings. The number of hydrogen-bond donors (Lipinski definition) is 1. The van der Waals surface area contributed by atoms with Gasteiger partial charge in [0.1, 0.15) is 4.61 Å². The van der Waals surface area contributed by atoms with Gasteiger partial charge in [-0.25, -0.2) is 4.99 Å². The lowest BCUT2D eigenvalue weighted by Gasteiger charge is -2.12. The molecule has 0 aliphatic carbocycles. The van der Waals surface area contributed by atoms with Gasteiger partial charge in [-0.15, -0.1) is 0 Å². The minimum absolute atomic E-state index is 0.188. The molecule has 1 aliphatic rings. The monoisotopic (exact) mass is 230 g/mol. The molecular weight excluding hydrogens is 222 g/mol.